The first kappa shape index (κ1) is 25.8. The van der Waals surface area contributed by atoms with Crippen molar-refractivity contribution in [1.82, 2.24) is 14.9 Å². The quantitative estimate of drug-likeness (QED) is 0.642. The van der Waals surface area contributed by atoms with Crippen LogP contribution in [0.5, 0.6) is 0 Å². The van der Waals surface area contributed by atoms with Crippen molar-refractivity contribution in [3.05, 3.63) is 29.3 Å². The fourth-order valence-corrected chi connectivity index (χ4v) is 5.13. The topological polar surface area (TPSA) is 122 Å². The second-order valence-electron chi connectivity index (χ2n) is 9.18. The van der Waals surface area contributed by atoms with E-state index in [1.165, 1.54) is 23.4 Å². The Labute approximate surface area is 189 Å². The first-order chi connectivity index (χ1) is 14.7. The summed E-state index contributed by atoms with van der Waals surface area (Å²) in [5, 5.41) is 4.70. The van der Waals surface area contributed by atoms with Crippen molar-refractivity contribution in [2.45, 2.75) is 83.4 Å². The lowest BCUT2D eigenvalue weighted by atomic mass is 10.1. The van der Waals surface area contributed by atoms with Crippen molar-refractivity contribution in [2.75, 3.05) is 6.54 Å². The third-order valence-corrected chi connectivity index (χ3v) is 7.17. The van der Waals surface area contributed by atoms with Crippen LogP contribution in [0.1, 0.15) is 69.8 Å². The van der Waals surface area contributed by atoms with E-state index in [4.69, 9.17) is 4.74 Å². The number of esters is 1. The van der Waals surface area contributed by atoms with Gasteiger partial charge < -0.3 is 10.1 Å². The number of carbonyl (C=O) groups is 3. The number of hydrogen-bond donors (Lipinski definition) is 2. The van der Waals surface area contributed by atoms with Gasteiger partial charge in [0.1, 0.15) is 0 Å². The minimum Gasteiger partial charge on any atom is -0.449 e. The van der Waals surface area contributed by atoms with E-state index < -0.39 is 39.6 Å². The van der Waals surface area contributed by atoms with Gasteiger partial charge in [0.25, 0.3) is 5.91 Å². The van der Waals surface area contributed by atoms with Gasteiger partial charge in [-0.05, 0) is 72.1 Å². The Morgan fingerprint density at radius 3 is 2.44 bits per heavy atom. The summed E-state index contributed by atoms with van der Waals surface area (Å²) in [6, 6.07) is 3.47. The molecule has 1 aromatic rings. The van der Waals surface area contributed by atoms with Crippen molar-refractivity contribution < 1.29 is 27.5 Å². The molecule has 0 radical (unpaired) electrons. The van der Waals surface area contributed by atoms with Crippen LogP contribution in [-0.4, -0.2) is 54.9 Å². The Hall–Kier alpha value is -2.46. The molecule has 0 saturated carbocycles. The summed E-state index contributed by atoms with van der Waals surface area (Å²) in [7, 11) is -3.77. The number of carbonyl (C=O) groups excluding carboxylic acids is 3. The summed E-state index contributed by atoms with van der Waals surface area (Å²) in [6.45, 7) is 10.6. The first-order valence-electron chi connectivity index (χ1n) is 10.7. The largest absolute Gasteiger partial charge is 0.449 e. The summed E-state index contributed by atoms with van der Waals surface area (Å²) < 4.78 is 32.9. The average molecular weight is 468 g/mol. The van der Waals surface area contributed by atoms with Crippen LogP contribution in [0, 0.1) is 6.92 Å². The molecule has 178 valence electrons. The van der Waals surface area contributed by atoms with Gasteiger partial charge in [-0.2, -0.15) is 4.31 Å². The normalized spacial score (nSPS) is 18.5. The number of rotatable bonds is 5. The highest BCUT2D eigenvalue weighted by molar-refractivity contribution is 7.89. The minimum atomic E-state index is -3.77. The van der Waals surface area contributed by atoms with Gasteiger partial charge in [0.05, 0.1) is 10.5 Å². The number of aryl methyl sites for hydroxylation is 1. The third kappa shape index (κ3) is 6.52. The number of sulfonamides is 1. The molecule has 32 heavy (non-hydrogen) atoms. The van der Waals surface area contributed by atoms with Crippen LogP contribution in [0.25, 0.3) is 0 Å². The number of imide groups is 1. The average Bonchev–Trinajstić information content (AvgIpc) is 2.66. The summed E-state index contributed by atoms with van der Waals surface area (Å²) in [4.78, 5) is 36.8. The zero-order chi connectivity index (χ0) is 24.3. The molecular formula is C22H33N3O6S. The molecule has 0 spiro atoms. The molecule has 1 aromatic carbocycles. The van der Waals surface area contributed by atoms with Crippen LogP contribution in [0.4, 0.5) is 4.79 Å². The van der Waals surface area contributed by atoms with Crippen LogP contribution >= 0.6 is 0 Å². The fourth-order valence-electron chi connectivity index (χ4n) is 3.41. The summed E-state index contributed by atoms with van der Waals surface area (Å²) in [5.74, 6) is -1.63. The number of ether oxygens (including phenoxy) is 1. The SMILES string of the molecule is Cc1ccc(S(=O)(=O)N2CCCCC2C)cc1C(=O)OC(C)C(=O)NC(=O)NC(C)(C)C. The lowest BCUT2D eigenvalue weighted by Gasteiger charge is -2.32. The van der Waals surface area contributed by atoms with Crippen LogP contribution < -0.4 is 10.6 Å². The minimum absolute atomic E-state index is 0.00506. The number of amides is 3. The van der Waals surface area contributed by atoms with Gasteiger partial charge in [-0.3, -0.25) is 10.1 Å². The third-order valence-electron chi connectivity index (χ3n) is 5.16. The number of nitrogens with zero attached hydrogens (tertiary/aromatic N) is 1. The first-order valence-corrected chi connectivity index (χ1v) is 12.1. The molecule has 1 fully saturated rings. The van der Waals surface area contributed by atoms with E-state index in [0.29, 0.717) is 12.1 Å². The lowest BCUT2D eigenvalue weighted by molar-refractivity contribution is -0.127. The zero-order valence-electron chi connectivity index (χ0n) is 19.5. The second-order valence-corrected chi connectivity index (χ2v) is 11.1. The molecule has 10 heteroatoms. The zero-order valence-corrected chi connectivity index (χ0v) is 20.3. The molecule has 1 aliphatic heterocycles. The highest BCUT2D eigenvalue weighted by Crippen LogP contribution is 2.26. The predicted octanol–water partition coefficient (Wildman–Crippen LogP) is 2.73. The van der Waals surface area contributed by atoms with Gasteiger partial charge in [-0.1, -0.05) is 12.5 Å². The van der Waals surface area contributed by atoms with Crippen molar-refractivity contribution >= 4 is 27.9 Å². The maximum atomic E-state index is 13.1. The molecule has 1 aliphatic rings. The van der Waals surface area contributed by atoms with Crippen LogP contribution in [0.2, 0.25) is 0 Å². The maximum Gasteiger partial charge on any atom is 0.339 e. The number of hydrogen-bond acceptors (Lipinski definition) is 6. The number of piperidine rings is 1. The Morgan fingerprint density at radius 2 is 1.84 bits per heavy atom. The molecule has 1 heterocycles. The summed E-state index contributed by atoms with van der Waals surface area (Å²) in [5.41, 5.74) is 0.0207. The Balaban J connectivity index is 2.15. The molecule has 0 aliphatic carbocycles. The van der Waals surface area contributed by atoms with E-state index in [9.17, 15) is 22.8 Å². The van der Waals surface area contributed by atoms with Crippen molar-refractivity contribution in [3.63, 3.8) is 0 Å². The molecule has 0 aromatic heterocycles. The van der Waals surface area contributed by atoms with Gasteiger partial charge in [0.15, 0.2) is 6.10 Å². The van der Waals surface area contributed by atoms with Gasteiger partial charge in [-0.15, -0.1) is 0 Å². The Kier molecular flexibility index (Phi) is 8.06. The predicted molar refractivity (Wildman–Crippen MR) is 120 cm³/mol. The molecule has 2 rings (SSSR count). The molecule has 2 atom stereocenters. The fraction of sp³-hybridized carbons (Fsp3) is 0.591. The molecule has 3 amide bonds. The molecule has 2 N–H and O–H groups in total. The Bertz CT molecular complexity index is 984. The molecule has 2 unspecified atom stereocenters. The van der Waals surface area contributed by atoms with Crippen molar-refractivity contribution in [3.8, 4) is 0 Å². The van der Waals surface area contributed by atoms with Gasteiger partial charge in [0.2, 0.25) is 10.0 Å². The number of urea groups is 1. The molecule has 0 bridgehead atoms. The standard InChI is InChI=1S/C22H33N3O6S/c1-14-10-11-17(32(29,30)25-12-8-7-9-15(25)2)13-18(14)20(27)31-16(3)19(26)23-21(28)24-22(4,5)6/h10-11,13,15-16H,7-9,12H2,1-6H3,(H2,23,24,26,28). The molecular weight excluding hydrogens is 434 g/mol. The van der Waals surface area contributed by atoms with Gasteiger partial charge >= 0.3 is 12.0 Å². The summed E-state index contributed by atoms with van der Waals surface area (Å²) >= 11 is 0. The van der Waals surface area contributed by atoms with E-state index in [2.05, 4.69) is 10.6 Å². The van der Waals surface area contributed by atoms with Gasteiger partial charge in [-0.25, -0.2) is 18.0 Å². The van der Waals surface area contributed by atoms with E-state index in [1.807, 2.05) is 6.92 Å². The van der Waals surface area contributed by atoms with Crippen molar-refractivity contribution in [1.29, 1.82) is 0 Å². The highest BCUT2D eigenvalue weighted by atomic mass is 32.2. The van der Waals surface area contributed by atoms with Crippen molar-refractivity contribution in [2.24, 2.45) is 0 Å². The van der Waals surface area contributed by atoms with E-state index in [1.54, 1.807) is 33.8 Å². The number of nitrogens with one attached hydrogen (secondary N) is 2. The monoisotopic (exact) mass is 467 g/mol. The lowest BCUT2D eigenvalue weighted by Crippen LogP contribution is -2.50. The smallest absolute Gasteiger partial charge is 0.339 e. The van der Waals surface area contributed by atoms with Crippen LogP contribution in [0.15, 0.2) is 23.1 Å². The van der Waals surface area contributed by atoms with Crippen LogP contribution in [0.3, 0.4) is 0 Å². The van der Waals surface area contributed by atoms with E-state index >= 15 is 0 Å². The molecule has 9 nitrogen and oxygen atoms in total. The Morgan fingerprint density at radius 1 is 1.19 bits per heavy atom. The molecule has 1 saturated heterocycles. The summed E-state index contributed by atoms with van der Waals surface area (Å²) in [6.07, 6.45) is 1.30. The second kappa shape index (κ2) is 9.99. The van der Waals surface area contributed by atoms with E-state index in [-0.39, 0.29) is 16.5 Å². The van der Waals surface area contributed by atoms with Gasteiger partial charge in [0, 0.05) is 18.1 Å². The maximum absolute atomic E-state index is 13.1. The van der Waals surface area contributed by atoms with E-state index in [0.717, 1.165) is 19.3 Å². The van der Waals surface area contributed by atoms with Crippen LogP contribution in [-0.2, 0) is 19.6 Å². The number of benzene rings is 1. The highest BCUT2D eigenvalue weighted by Gasteiger charge is 2.32.